The quantitative estimate of drug-likeness (QED) is 0.606. The highest BCUT2D eigenvalue weighted by Gasteiger charge is 2.61. The van der Waals surface area contributed by atoms with Gasteiger partial charge in [0.25, 0.3) is 0 Å². The molecule has 4 rings (SSSR count). The van der Waals surface area contributed by atoms with Crippen molar-refractivity contribution in [1.29, 1.82) is 0 Å². The third-order valence-electron chi connectivity index (χ3n) is 6.97. The summed E-state index contributed by atoms with van der Waals surface area (Å²) in [5, 5.41) is 0. The predicted octanol–water partition coefficient (Wildman–Crippen LogP) is 5.90. The van der Waals surface area contributed by atoms with Gasteiger partial charge in [-0.2, -0.15) is 0 Å². The van der Waals surface area contributed by atoms with E-state index < -0.39 is 0 Å². The molecule has 1 aromatic carbocycles. The van der Waals surface area contributed by atoms with Crippen molar-refractivity contribution >= 4 is 0 Å². The fourth-order valence-corrected chi connectivity index (χ4v) is 6.38. The van der Waals surface area contributed by atoms with Crippen molar-refractivity contribution in [2.24, 2.45) is 23.7 Å². The van der Waals surface area contributed by atoms with Gasteiger partial charge < -0.3 is 0 Å². The Morgan fingerprint density at radius 2 is 2.00 bits per heavy atom. The van der Waals surface area contributed by atoms with E-state index in [9.17, 15) is 0 Å². The van der Waals surface area contributed by atoms with Crippen LogP contribution in [0.25, 0.3) is 0 Å². The van der Waals surface area contributed by atoms with E-state index >= 15 is 0 Å². The minimum atomic E-state index is 0.259. The van der Waals surface area contributed by atoms with Crippen molar-refractivity contribution in [2.45, 2.75) is 50.9 Å². The van der Waals surface area contributed by atoms with Gasteiger partial charge in [0.05, 0.1) is 0 Å². The molecule has 3 saturated carbocycles. The van der Waals surface area contributed by atoms with Crippen LogP contribution in [0, 0.1) is 23.7 Å². The number of benzene rings is 1. The largest absolute Gasteiger partial charge is 0.0988 e. The van der Waals surface area contributed by atoms with Crippen molar-refractivity contribution in [2.75, 3.05) is 0 Å². The molecule has 3 fully saturated rings. The Bertz CT molecular complexity index is 581. The first-order valence-corrected chi connectivity index (χ1v) is 9.20. The molecule has 0 radical (unpaired) electrons. The standard InChI is InChI=1S/C22H28/c1-3-9-17(4-2)22(18-10-6-5-7-11-18)15-16-14-21(22)20-13-8-12-19(16)20/h4-7,9-11,16,19-21H,2-3,8,12-15H2,1H3/b17-9+. The Morgan fingerprint density at radius 3 is 2.73 bits per heavy atom. The van der Waals surface area contributed by atoms with Crippen molar-refractivity contribution in [1.82, 2.24) is 0 Å². The molecule has 3 aliphatic carbocycles. The molecule has 0 N–H and O–H groups in total. The molecule has 3 aliphatic rings. The highest BCUT2D eigenvalue weighted by atomic mass is 14.7. The molecule has 0 nitrogen and oxygen atoms in total. The molecule has 2 bridgehead atoms. The zero-order chi connectivity index (χ0) is 15.2. The fourth-order valence-electron chi connectivity index (χ4n) is 6.38. The van der Waals surface area contributed by atoms with E-state index in [1.165, 1.54) is 37.7 Å². The van der Waals surface area contributed by atoms with Gasteiger partial charge >= 0.3 is 0 Å². The van der Waals surface area contributed by atoms with Gasteiger partial charge in [-0.15, -0.1) is 0 Å². The second-order valence-electron chi connectivity index (χ2n) is 7.67. The zero-order valence-corrected chi connectivity index (χ0v) is 13.8. The first-order chi connectivity index (χ1) is 10.8. The van der Waals surface area contributed by atoms with Gasteiger partial charge in [0, 0.05) is 5.41 Å². The average molecular weight is 292 g/mol. The van der Waals surface area contributed by atoms with Crippen LogP contribution in [0.2, 0.25) is 0 Å². The molecule has 116 valence electrons. The maximum Gasteiger partial charge on any atom is 0.0233 e. The molecule has 1 aromatic rings. The fraction of sp³-hybridized carbons (Fsp3) is 0.545. The summed E-state index contributed by atoms with van der Waals surface area (Å²) in [6, 6.07) is 11.3. The summed E-state index contributed by atoms with van der Waals surface area (Å²) in [5.74, 6) is 3.81. The van der Waals surface area contributed by atoms with Crippen LogP contribution >= 0.6 is 0 Å². The number of allylic oxidation sites excluding steroid dienone is 3. The number of hydrogen-bond acceptors (Lipinski definition) is 0. The summed E-state index contributed by atoms with van der Waals surface area (Å²) in [6.45, 7) is 6.45. The molecule has 0 heterocycles. The van der Waals surface area contributed by atoms with Crippen molar-refractivity contribution in [3.05, 3.63) is 60.2 Å². The first-order valence-electron chi connectivity index (χ1n) is 9.20. The summed E-state index contributed by atoms with van der Waals surface area (Å²) in [6.07, 6.45) is 13.0. The van der Waals surface area contributed by atoms with Crippen LogP contribution < -0.4 is 0 Å². The molecule has 0 aromatic heterocycles. The molecule has 5 unspecified atom stereocenters. The average Bonchev–Trinajstić information content (AvgIpc) is 3.25. The van der Waals surface area contributed by atoms with E-state index in [4.69, 9.17) is 0 Å². The highest BCUT2D eigenvalue weighted by Crippen LogP contribution is 2.68. The molecule has 0 heteroatoms. The van der Waals surface area contributed by atoms with Gasteiger partial charge in [0.1, 0.15) is 0 Å². The van der Waals surface area contributed by atoms with Crippen molar-refractivity contribution in [3.63, 3.8) is 0 Å². The van der Waals surface area contributed by atoms with Crippen LogP contribution in [-0.4, -0.2) is 0 Å². The Labute approximate surface area is 135 Å². The third-order valence-corrected chi connectivity index (χ3v) is 6.97. The Balaban J connectivity index is 1.85. The second-order valence-corrected chi connectivity index (χ2v) is 7.67. The zero-order valence-electron chi connectivity index (χ0n) is 13.8. The minimum Gasteiger partial charge on any atom is -0.0988 e. The highest BCUT2D eigenvalue weighted by molar-refractivity contribution is 5.45. The molecule has 0 spiro atoms. The monoisotopic (exact) mass is 292 g/mol. The van der Waals surface area contributed by atoms with Gasteiger partial charge in [0.15, 0.2) is 0 Å². The van der Waals surface area contributed by atoms with Crippen LogP contribution in [0.4, 0.5) is 0 Å². The van der Waals surface area contributed by atoms with Gasteiger partial charge in [-0.1, -0.05) is 62.4 Å². The summed E-state index contributed by atoms with van der Waals surface area (Å²) in [5.41, 5.74) is 3.32. The van der Waals surface area contributed by atoms with Gasteiger partial charge in [-0.3, -0.25) is 0 Å². The molecular formula is C22H28. The van der Waals surface area contributed by atoms with E-state index in [-0.39, 0.29) is 5.41 Å². The number of fused-ring (bicyclic) bond motifs is 5. The molecule has 0 aliphatic heterocycles. The van der Waals surface area contributed by atoms with Crippen molar-refractivity contribution in [3.8, 4) is 0 Å². The Hall–Kier alpha value is -1.30. The lowest BCUT2D eigenvalue weighted by Gasteiger charge is -2.45. The number of hydrogen-bond donors (Lipinski definition) is 0. The molecular weight excluding hydrogens is 264 g/mol. The lowest BCUT2D eigenvalue weighted by molar-refractivity contribution is 0.180. The SMILES string of the molecule is C=C/C(=C\CC)C1(c2ccccc2)CC2CC1C1CCCC21. The van der Waals surface area contributed by atoms with Crippen LogP contribution in [0.3, 0.4) is 0 Å². The van der Waals surface area contributed by atoms with E-state index in [1.54, 1.807) is 5.56 Å². The lowest BCUT2D eigenvalue weighted by Crippen LogP contribution is -2.40. The minimum absolute atomic E-state index is 0.259. The maximum atomic E-state index is 4.20. The van der Waals surface area contributed by atoms with Crippen LogP contribution in [-0.2, 0) is 5.41 Å². The summed E-state index contributed by atoms with van der Waals surface area (Å²) < 4.78 is 0. The predicted molar refractivity (Wildman–Crippen MR) is 93.7 cm³/mol. The van der Waals surface area contributed by atoms with Crippen LogP contribution in [0.5, 0.6) is 0 Å². The number of rotatable bonds is 4. The summed E-state index contributed by atoms with van der Waals surface area (Å²) in [7, 11) is 0. The Kier molecular flexibility index (Phi) is 3.51. The Morgan fingerprint density at radius 1 is 1.23 bits per heavy atom. The van der Waals surface area contributed by atoms with E-state index in [0.717, 1.165) is 30.1 Å². The molecule has 0 saturated heterocycles. The topological polar surface area (TPSA) is 0 Å². The summed E-state index contributed by atoms with van der Waals surface area (Å²) >= 11 is 0. The smallest absolute Gasteiger partial charge is 0.0233 e. The first kappa shape index (κ1) is 14.3. The normalized spacial score (nSPS) is 40.0. The molecule has 22 heavy (non-hydrogen) atoms. The molecule has 5 atom stereocenters. The van der Waals surface area contributed by atoms with E-state index in [2.05, 4.69) is 56.0 Å². The van der Waals surface area contributed by atoms with E-state index in [1.807, 2.05) is 0 Å². The van der Waals surface area contributed by atoms with E-state index in [0.29, 0.717) is 0 Å². The molecule has 0 amide bonds. The second kappa shape index (κ2) is 5.41. The van der Waals surface area contributed by atoms with Gasteiger partial charge in [-0.05, 0) is 66.9 Å². The third kappa shape index (κ3) is 1.82. The van der Waals surface area contributed by atoms with Crippen LogP contribution in [0.15, 0.2) is 54.6 Å². The lowest BCUT2D eigenvalue weighted by atomic mass is 9.59. The van der Waals surface area contributed by atoms with Gasteiger partial charge in [-0.25, -0.2) is 0 Å². The maximum absolute atomic E-state index is 4.20. The van der Waals surface area contributed by atoms with Crippen molar-refractivity contribution < 1.29 is 0 Å². The summed E-state index contributed by atoms with van der Waals surface area (Å²) in [4.78, 5) is 0. The van der Waals surface area contributed by atoms with Gasteiger partial charge in [0.2, 0.25) is 0 Å². The van der Waals surface area contributed by atoms with Crippen LogP contribution in [0.1, 0.15) is 51.0 Å².